The summed E-state index contributed by atoms with van der Waals surface area (Å²) in [5.41, 5.74) is 8.08. The van der Waals surface area contributed by atoms with Gasteiger partial charge in [0.25, 0.3) is 5.91 Å². The van der Waals surface area contributed by atoms with E-state index >= 15 is 0 Å². The molecule has 104 valence electrons. The van der Waals surface area contributed by atoms with Crippen molar-refractivity contribution in [3.05, 3.63) is 65.0 Å². The number of nitrogens with two attached hydrogens (primary N) is 1. The van der Waals surface area contributed by atoms with Crippen molar-refractivity contribution in [3.8, 4) is 0 Å². The molecule has 0 saturated carbocycles. The molecule has 0 radical (unpaired) electrons. The molecule has 3 N–H and O–H groups in total. The Bertz CT molecular complexity index is 640. The van der Waals surface area contributed by atoms with Gasteiger partial charge < -0.3 is 11.1 Å². The topological polar surface area (TPSA) is 55.1 Å². The zero-order chi connectivity index (χ0) is 14.7. The number of nitrogens with one attached hydrogen (secondary N) is 1. The van der Waals surface area contributed by atoms with Crippen LogP contribution in [0.1, 0.15) is 34.5 Å². The molecule has 2 rings (SSSR count). The number of hydrogen-bond donors (Lipinski definition) is 2. The molecule has 0 heterocycles. The Morgan fingerprint density at radius 2 is 1.95 bits per heavy atom. The molecule has 1 unspecified atom stereocenters. The molecular formula is C16H17FN2O. The van der Waals surface area contributed by atoms with Crippen LogP contribution in [-0.4, -0.2) is 5.91 Å². The number of anilines is 1. The highest BCUT2D eigenvalue weighted by atomic mass is 19.1. The molecule has 1 amide bonds. The average molecular weight is 272 g/mol. The first kappa shape index (κ1) is 14.1. The highest BCUT2D eigenvalue weighted by molar-refractivity contribution is 5.96. The second kappa shape index (κ2) is 5.74. The Balaban J connectivity index is 2.17. The van der Waals surface area contributed by atoms with E-state index in [1.54, 1.807) is 43.3 Å². The number of carbonyl (C=O) groups excluding carboxylic acids is 1. The van der Waals surface area contributed by atoms with Crippen molar-refractivity contribution in [2.45, 2.75) is 19.9 Å². The number of hydrogen-bond acceptors (Lipinski definition) is 2. The third-order valence-electron chi connectivity index (χ3n) is 3.21. The Kier molecular flexibility index (Phi) is 4.03. The van der Waals surface area contributed by atoms with Gasteiger partial charge in [-0.05, 0) is 43.7 Å². The van der Waals surface area contributed by atoms with Crippen molar-refractivity contribution >= 4 is 11.6 Å². The first-order valence-electron chi connectivity index (χ1n) is 6.40. The van der Waals surface area contributed by atoms with E-state index in [4.69, 9.17) is 5.73 Å². The summed E-state index contributed by atoms with van der Waals surface area (Å²) in [6.45, 7) is 3.57. The molecule has 20 heavy (non-hydrogen) atoms. The van der Waals surface area contributed by atoms with Gasteiger partial charge in [0.2, 0.25) is 0 Å². The van der Waals surface area contributed by atoms with Crippen LogP contribution in [0.25, 0.3) is 0 Å². The number of benzene rings is 2. The standard InChI is InChI=1S/C16H17FN2O/c1-10-9-12(18)7-8-13(10)16(20)19-11(2)14-5-3-4-6-15(14)17/h3-9,11H,18H2,1-2H3,(H,19,20). The van der Waals surface area contributed by atoms with E-state index in [0.717, 1.165) is 5.56 Å². The number of amides is 1. The summed E-state index contributed by atoms with van der Waals surface area (Å²) >= 11 is 0. The second-order valence-electron chi connectivity index (χ2n) is 4.79. The molecule has 0 aliphatic heterocycles. The molecule has 0 fully saturated rings. The maximum atomic E-state index is 13.7. The summed E-state index contributed by atoms with van der Waals surface area (Å²) in [6, 6.07) is 11.1. The highest BCUT2D eigenvalue weighted by Crippen LogP contribution is 2.18. The van der Waals surface area contributed by atoms with Crippen LogP contribution in [0.3, 0.4) is 0 Å². The number of halogens is 1. The number of nitrogen functional groups attached to an aromatic ring is 1. The van der Waals surface area contributed by atoms with Crippen molar-refractivity contribution in [2.75, 3.05) is 5.73 Å². The van der Waals surface area contributed by atoms with Crippen LogP contribution in [0, 0.1) is 12.7 Å². The third-order valence-corrected chi connectivity index (χ3v) is 3.21. The largest absolute Gasteiger partial charge is 0.399 e. The van der Waals surface area contributed by atoms with E-state index in [1.807, 2.05) is 6.92 Å². The smallest absolute Gasteiger partial charge is 0.252 e. The minimum atomic E-state index is -0.402. The molecule has 0 aliphatic carbocycles. The fourth-order valence-corrected chi connectivity index (χ4v) is 2.12. The monoisotopic (exact) mass is 272 g/mol. The Hall–Kier alpha value is -2.36. The summed E-state index contributed by atoms with van der Waals surface area (Å²) in [5.74, 6) is -0.562. The molecule has 0 aliphatic rings. The molecule has 0 saturated heterocycles. The van der Waals surface area contributed by atoms with E-state index in [1.165, 1.54) is 6.07 Å². The number of aryl methyl sites for hydroxylation is 1. The summed E-state index contributed by atoms with van der Waals surface area (Å²) in [5, 5.41) is 2.79. The lowest BCUT2D eigenvalue weighted by Crippen LogP contribution is -2.27. The van der Waals surface area contributed by atoms with Crippen LogP contribution in [-0.2, 0) is 0 Å². The van der Waals surface area contributed by atoms with Crippen molar-refractivity contribution < 1.29 is 9.18 Å². The first-order valence-corrected chi connectivity index (χ1v) is 6.40. The molecule has 1 atom stereocenters. The Morgan fingerprint density at radius 1 is 1.25 bits per heavy atom. The van der Waals surface area contributed by atoms with Gasteiger partial charge in [-0.2, -0.15) is 0 Å². The van der Waals surface area contributed by atoms with Gasteiger partial charge in [-0.15, -0.1) is 0 Å². The lowest BCUT2D eigenvalue weighted by molar-refractivity contribution is 0.0939. The molecular weight excluding hydrogens is 255 g/mol. The van der Waals surface area contributed by atoms with Gasteiger partial charge in [0.15, 0.2) is 0 Å². The van der Waals surface area contributed by atoms with Gasteiger partial charge in [0.1, 0.15) is 5.82 Å². The van der Waals surface area contributed by atoms with Crippen LogP contribution < -0.4 is 11.1 Å². The second-order valence-corrected chi connectivity index (χ2v) is 4.79. The maximum Gasteiger partial charge on any atom is 0.252 e. The number of carbonyl (C=O) groups is 1. The van der Waals surface area contributed by atoms with E-state index in [9.17, 15) is 9.18 Å². The van der Waals surface area contributed by atoms with Crippen LogP contribution in [0.5, 0.6) is 0 Å². The van der Waals surface area contributed by atoms with E-state index in [-0.39, 0.29) is 11.7 Å². The minimum Gasteiger partial charge on any atom is -0.399 e. The molecule has 2 aromatic rings. The predicted octanol–water partition coefficient (Wildman–Crippen LogP) is 3.21. The average Bonchev–Trinajstić information content (AvgIpc) is 2.38. The third kappa shape index (κ3) is 2.96. The lowest BCUT2D eigenvalue weighted by Gasteiger charge is -2.16. The quantitative estimate of drug-likeness (QED) is 0.843. The molecule has 4 heteroatoms. The van der Waals surface area contributed by atoms with Crippen LogP contribution >= 0.6 is 0 Å². The fraction of sp³-hybridized carbons (Fsp3) is 0.188. The summed E-state index contributed by atoms with van der Waals surface area (Å²) in [4.78, 5) is 12.2. The summed E-state index contributed by atoms with van der Waals surface area (Å²) < 4.78 is 13.7. The van der Waals surface area contributed by atoms with Crippen molar-refractivity contribution in [1.29, 1.82) is 0 Å². The Morgan fingerprint density at radius 3 is 2.60 bits per heavy atom. The van der Waals surface area contributed by atoms with Gasteiger partial charge in [-0.3, -0.25) is 4.79 Å². The van der Waals surface area contributed by atoms with Gasteiger partial charge in [-0.25, -0.2) is 4.39 Å². The Labute approximate surface area is 117 Å². The zero-order valence-electron chi connectivity index (χ0n) is 11.5. The summed E-state index contributed by atoms with van der Waals surface area (Å²) in [7, 11) is 0. The lowest BCUT2D eigenvalue weighted by atomic mass is 10.0. The molecule has 0 aromatic heterocycles. The van der Waals surface area contributed by atoms with Crippen molar-refractivity contribution in [3.63, 3.8) is 0 Å². The maximum absolute atomic E-state index is 13.7. The minimum absolute atomic E-state index is 0.238. The van der Waals surface area contributed by atoms with E-state index in [0.29, 0.717) is 16.8 Å². The highest BCUT2D eigenvalue weighted by Gasteiger charge is 2.15. The van der Waals surface area contributed by atoms with Gasteiger partial charge >= 0.3 is 0 Å². The van der Waals surface area contributed by atoms with E-state index in [2.05, 4.69) is 5.32 Å². The number of rotatable bonds is 3. The van der Waals surface area contributed by atoms with E-state index < -0.39 is 6.04 Å². The van der Waals surface area contributed by atoms with Crippen molar-refractivity contribution in [1.82, 2.24) is 5.32 Å². The van der Waals surface area contributed by atoms with Crippen molar-refractivity contribution in [2.24, 2.45) is 0 Å². The molecule has 0 bridgehead atoms. The normalized spacial score (nSPS) is 11.9. The van der Waals surface area contributed by atoms with Gasteiger partial charge in [0.05, 0.1) is 6.04 Å². The van der Waals surface area contributed by atoms with Crippen LogP contribution in [0.4, 0.5) is 10.1 Å². The first-order chi connectivity index (χ1) is 9.49. The zero-order valence-corrected chi connectivity index (χ0v) is 11.5. The summed E-state index contributed by atoms with van der Waals surface area (Å²) in [6.07, 6.45) is 0. The van der Waals surface area contributed by atoms with Gasteiger partial charge in [0, 0.05) is 16.8 Å². The fourth-order valence-electron chi connectivity index (χ4n) is 2.12. The molecule has 3 nitrogen and oxygen atoms in total. The molecule has 2 aromatic carbocycles. The van der Waals surface area contributed by atoms with Crippen LogP contribution in [0.15, 0.2) is 42.5 Å². The predicted molar refractivity (Wildman–Crippen MR) is 77.9 cm³/mol. The van der Waals surface area contributed by atoms with Gasteiger partial charge in [-0.1, -0.05) is 18.2 Å². The van der Waals surface area contributed by atoms with Crippen LogP contribution in [0.2, 0.25) is 0 Å². The SMILES string of the molecule is Cc1cc(N)ccc1C(=O)NC(C)c1ccccc1F. The molecule has 0 spiro atoms.